The van der Waals surface area contributed by atoms with E-state index >= 15 is 0 Å². The van der Waals surface area contributed by atoms with Crippen LogP contribution in [0.25, 0.3) is 10.8 Å². The third-order valence-electron chi connectivity index (χ3n) is 4.25. The number of piperazine rings is 1. The number of fused-ring (bicyclic) bond motifs is 1. The zero-order chi connectivity index (χ0) is 14.7. The van der Waals surface area contributed by atoms with Crippen LogP contribution in [0.3, 0.4) is 0 Å². The van der Waals surface area contributed by atoms with Crippen molar-refractivity contribution in [2.24, 2.45) is 0 Å². The van der Waals surface area contributed by atoms with Crippen LogP contribution in [0.1, 0.15) is 11.6 Å². The minimum absolute atomic E-state index is 0. The maximum Gasteiger partial charge on any atom is 0.124 e. The molecule has 2 aromatic carbocycles. The zero-order valence-electron chi connectivity index (χ0n) is 12.8. The van der Waals surface area contributed by atoms with E-state index in [2.05, 4.69) is 28.4 Å². The van der Waals surface area contributed by atoms with Gasteiger partial charge in [0, 0.05) is 31.7 Å². The van der Waals surface area contributed by atoms with E-state index in [4.69, 9.17) is 4.74 Å². The molecule has 0 aliphatic carbocycles. The van der Waals surface area contributed by atoms with Crippen molar-refractivity contribution in [1.82, 2.24) is 10.2 Å². The van der Waals surface area contributed by atoms with Crippen LogP contribution in [0.4, 0.5) is 0 Å². The molecule has 1 aliphatic heterocycles. The third-order valence-corrected chi connectivity index (χ3v) is 4.25. The summed E-state index contributed by atoms with van der Waals surface area (Å²) in [5, 5.41) is 15.7. The topological polar surface area (TPSA) is 44.7 Å². The van der Waals surface area contributed by atoms with Crippen molar-refractivity contribution < 1.29 is 9.84 Å². The highest BCUT2D eigenvalue weighted by molar-refractivity contribution is 5.88. The average molecular weight is 323 g/mol. The fraction of sp³-hybridized carbons (Fsp3) is 0.412. The Bertz CT molecular complexity index is 615. The lowest BCUT2D eigenvalue weighted by atomic mass is 9.96. The van der Waals surface area contributed by atoms with Gasteiger partial charge in [0.1, 0.15) is 5.75 Å². The van der Waals surface area contributed by atoms with Gasteiger partial charge in [0.25, 0.3) is 0 Å². The Hall–Kier alpha value is -1.33. The molecular weight excluding hydrogens is 300 g/mol. The molecule has 0 amide bonds. The van der Waals surface area contributed by atoms with E-state index in [-0.39, 0.29) is 25.1 Å². The van der Waals surface area contributed by atoms with Crippen LogP contribution in [0, 0.1) is 0 Å². The number of ether oxygens (including phenoxy) is 1. The maximum absolute atomic E-state index is 9.99. The Kier molecular flexibility index (Phi) is 6.03. The van der Waals surface area contributed by atoms with Crippen molar-refractivity contribution in [3.63, 3.8) is 0 Å². The van der Waals surface area contributed by atoms with Crippen molar-refractivity contribution >= 4 is 23.2 Å². The van der Waals surface area contributed by atoms with Gasteiger partial charge in [-0.2, -0.15) is 0 Å². The van der Waals surface area contributed by atoms with Gasteiger partial charge in [0.05, 0.1) is 19.8 Å². The summed E-state index contributed by atoms with van der Waals surface area (Å²) in [7, 11) is 1.69. The van der Waals surface area contributed by atoms with Gasteiger partial charge in [0.15, 0.2) is 0 Å². The molecule has 0 aromatic heterocycles. The molecule has 1 fully saturated rings. The van der Waals surface area contributed by atoms with Crippen LogP contribution in [-0.4, -0.2) is 49.9 Å². The number of nitrogens with one attached hydrogen (secondary N) is 1. The molecule has 0 radical (unpaired) electrons. The lowest BCUT2D eigenvalue weighted by Gasteiger charge is -2.35. The molecule has 1 aliphatic rings. The summed E-state index contributed by atoms with van der Waals surface area (Å²) < 4.78 is 5.57. The molecule has 5 heteroatoms. The van der Waals surface area contributed by atoms with Crippen LogP contribution < -0.4 is 10.1 Å². The van der Waals surface area contributed by atoms with Crippen LogP contribution in [0.5, 0.6) is 5.75 Å². The number of aliphatic hydroxyl groups excluding tert-OH is 1. The van der Waals surface area contributed by atoms with Crippen molar-refractivity contribution in [3.8, 4) is 5.75 Å². The third kappa shape index (κ3) is 3.20. The Balaban J connectivity index is 0.00000176. The summed E-state index contributed by atoms with van der Waals surface area (Å²) in [5.41, 5.74) is 1.10. The predicted octanol–water partition coefficient (Wildman–Crippen LogP) is 2.21. The predicted molar refractivity (Wildman–Crippen MR) is 92.0 cm³/mol. The molecule has 1 heterocycles. The summed E-state index contributed by atoms with van der Waals surface area (Å²) in [4.78, 5) is 2.33. The molecule has 22 heavy (non-hydrogen) atoms. The second kappa shape index (κ2) is 7.79. The highest BCUT2D eigenvalue weighted by atomic mass is 35.5. The molecule has 0 unspecified atom stereocenters. The second-order valence-electron chi connectivity index (χ2n) is 5.39. The molecule has 3 rings (SSSR count). The van der Waals surface area contributed by atoms with Crippen molar-refractivity contribution in [1.29, 1.82) is 0 Å². The molecular formula is C17H23ClN2O2. The van der Waals surface area contributed by atoms with E-state index < -0.39 is 0 Å². The van der Waals surface area contributed by atoms with Gasteiger partial charge < -0.3 is 15.2 Å². The van der Waals surface area contributed by atoms with Crippen LogP contribution >= 0.6 is 12.4 Å². The first-order valence-corrected chi connectivity index (χ1v) is 7.46. The fourth-order valence-electron chi connectivity index (χ4n) is 3.18. The van der Waals surface area contributed by atoms with Gasteiger partial charge in [-0.05, 0) is 16.8 Å². The molecule has 2 aromatic rings. The van der Waals surface area contributed by atoms with Gasteiger partial charge in [-0.15, -0.1) is 12.4 Å². The van der Waals surface area contributed by atoms with Crippen LogP contribution in [-0.2, 0) is 0 Å². The first-order valence-electron chi connectivity index (χ1n) is 7.46. The fourth-order valence-corrected chi connectivity index (χ4v) is 3.18. The standard InChI is InChI=1S/C17H22N2O2.ClH/c1-21-16-7-6-13-4-2-3-5-14(13)17(16)15(12-20)19-10-8-18-9-11-19;/h2-7,15,18,20H,8-12H2,1H3;1H/t15-;/m1./s1. The minimum Gasteiger partial charge on any atom is -0.496 e. The van der Waals surface area contributed by atoms with E-state index in [1.54, 1.807) is 7.11 Å². The van der Waals surface area contributed by atoms with E-state index in [1.807, 2.05) is 18.2 Å². The number of hydrogen-bond acceptors (Lipinski definition) is 4. The van der Waals surface area contributed by atoms with Crippen molar-refractivity contribution in [3.05, 3.63) is 42.0 Å². The lowest BCUT2D eigenvalue weighted by Crippen LogP contribution is -2.46. The van der Waals surface area contributed by atoms with Gasteiger partial charge in [-0.1, -0.05) is 30.3 Å². The van der Waals surface area contributed by atoms with E-state index in [0.717, 1.165) is 42.9 Å². The summed E-state index contributed by atoms with van der Waals surface area (Å²) in [5.74, 6) is 0.853. The second-order valence-corrected chi connectivity index (χ2v) is 5.39. The molecule has 1 saturated heterocycles. The average Bonchev–Trinajstić information content (AvgIpc) is 2.56. The zero-order valence-corrected chi connectivity index (χ0v) is 13.6. The Morgan fingerprint density at radius 1 is 1.18 bits per heavy atom. The smallest absolute Gasteiger partial charge is 0.124 e. The molecule has 0 spiro atoms. The first kappa shape index (κ1) is 17.0. The number of methoxy groups -OCH3 is 1. The number of halogens is 1. The van der Waals surface area contributed by atoms with Crippen LogP contribution in [0.15, 0.2) is 36.4 Å². The Morgan fingerprint density at radius 3 is 2.59 bits per heavy atom. The summed E-state index contributed by atoms with van der Waals surface area (Å²) >= 11 is 0. The van der Waals surface area contributed by atoms with Crippen LogP contribution in [0.2, 0.25) is 0 Å². The number of benzene rings is 2. The molecule has 0 saturated carbocycles. The van der Waals surface area contributed by atoms with E-state index in [1.165, 1.54) is 5.39 Å². The van der Waals surface area contributed by atoms with Gasteiger partial charge >= 0.3 is 0 Å². The molecule has 4 nitrogen and oxygen atoms in total. The molecule has 120 valence electrons. The number of aliphatic hydroxyl groups is 1. The highest BCUT2D eigenvalue weighted by Crippen LogP contribution is 2.35. The summed E-state index contributed by atoms with van der Waals surface area (Å²) in [6.45, 7) is 3.91. The van der Waals surface area contributed by atoms with E-state index in [9.17, 15) is 5.11 Å². The van der Waals surface area contributed by atoms with Crippen molar-refractivity contribution in [2.75, 3.05) is 39.9 Å². The quantitative estimate of drug-likeness (QED) is 0.906. The SMILES string of the molecule is COc1ccc2ccccc2c1[C@@H](CO)N1CCNCC1.Cl. The largest absolute Gasteiger partial charge is 0.496 e. The maximum atomic E-state index is 9.99. The van der Waals surface area contributed by atoms with Crippen molar-refractivity contribution in [2.45, 2.75) is 6.04 Å². The first-order chi connectivity index (χ1) is 10.3. The van der Waals surface area contributed by atoms with Gasteiger partial charge in [-0.3, -0.25) is 4.90 Å². The molecule has 1 atom stereocenters. The normalized spacial score (nSPS) is 17.0. The molecule has 0 bridgehead atoms. The molecule has 2 N–H and O–H groups in total. The number of nitrogens with zero attached hydrogens (tertiary/aromatic N) is 1. The minimum atomic E-state index is -0.0202. The van der Waals surface area contributed by atoms with Gasteiger partial charge in [-0.25, -0.2) is 0 Å². The Morgan fingerprint density at radius 2 is 1.91 bits per heavy atom. The monoisotopic (exact) mass is 322 g/mol. The number of hydrogen-bond donors (Lipinski definition) is 2. The summed E-state index contributed by atoms with van der Waals surface area (Å²) in [6, 6.07) is 12.3. The Labute approximate surface area is 137 Å². The van der Waals surface area contributed by atoms with E-state index in [0.29, 0.717) is 0 Å². The summed E-state index contributed by atoms with van der Waals surface area (Å²) in [6.07, 6.45) is 0. The van der Waals surface area contributed by atoms with Gasteiger partial charge in [0.2, 0.25) is 0 Å². The lowest BCUT2D eigenvalue weighted by molar-refractivity contribution is 0.110. The highest BCUT2D eigenvalue weighted by Gasteiger charge is 2.25. The number of rotatable bonds is 4.